The number of nitrogens with one attached hydrogen (secondary N) is 2. The van der Waals surface area contributed by atoms with Gasteiger partial charge in [-0.2, -0.15) is 4.52 Å². The number of fused-ring (bicyclic) bond motifs is 1. The monoisotopic (exact) mass is 452 g/mol. The zero-order chi connectivity index (χ0) is 22.6. The van der Waals surface area contributed by atoms with E-state index in [2.05, 4.69) is 56.5 Å². The summed E-state index contributed by atoms with van der Waals surface area (Å²) in [6.45, 7) is 2.83. The van der Waals surface area contributed by atoms with Gasteiger partial charge in [0, 0.05) is 19.5 Å². The fourth-order valence-electron chi connectivity index (χ4n) is 3.20. The van der Waals surface area contributed by atoms with Gasteiger partial charge in [0.25, 0.3) is 0 Å². The lowest BCUT2D eigenvalue weighted by molar-refractivity contribution is 0.402. The highest BCUT2D eigenvalue weighted by molar-refractivity contribution is 7.89. The third kappa shape index (κ3) is 4.87. The molecular formula is C22H24N6O3S. The molecular weight excluding hydrogens is 428 g/mol. The first-order valence-electron chi connectivity index (χ1n) is 10.1. The number of methoxy groups -OCH3 is 1. The van der Waals surface area contributed by atoms with Crippen molar-refractivity contribution in [3.8, 4) is 5.75 Å². The Morgan fingerprint density at radius 2 is 1.78 bits per heavy atom. The first-order chi connectivity index (χ1) is 15.5. The van der Waals surface area contributed by atoms with Crippen molar-refractivity contribution in [1.29, 1.82) is 0 Å². The zero-order valence-corrected chi connectivity index (χ0v) is 18.6. The molecule has 0 aliphatic rings. The van der Waals surface area contributed by atoms with Crippen LogP contribution in [0, 0.1) is 6.92 Å². The van der Waals surface area contributed by atoms with Gasteiger partial charge in [0.05, 0.1) is 7.11 Å². The van der Waals surface area contributed by atoms with E-state index in [0.29, 0.717) is 36.0 Å². The lowest BCUT2D eigenvalue weighted by atomic mass is 10.1. The summed E-state index contributed by atoms with van der Waals surface area (Å²) in [6, 6.07) is 18.4. The molecule has 32 heavy (non-hydrogen) atoms. The summed E-state index contributed by atoms with van der Waals surface area (Å²) in [5.74, 6) is 1.52. The summed E-state index contributed by atoms with van der Waals surface area (Å²) in [4.78, 5) is 0.0920. The van der Waals surface area contributed by atoms with Crippen LogP contribution in [0.4, 0.5) is 5.82 Å². The fraction of sp³-hybridized carbons (Fsp3) is 0.227. The lowest BCUT2D eigenvalue weighted by Gasteiger charge is -2.10. The van der Waals surface area contributed by atoms with Crippen LogP contribution in [0.2, 0.25) is 0 Å². The number of para-hydroxylation sites is 1. The second-order valence-electron chi connectivity index (χ2n) is 7.24. The van der Waals surface area contributed by atoms with Crippen LogP contribution in [0.1, 0.15) is 17.0 Å². The molecule has 0 spiro atoms. The van der Waals surface area contributed by atoms with E-state index in [1.54, 1.807) is 22.7 Å². The molecule has 2 aromatic carbocycles. The first kappa shape index (κ1) is 21.7. The summed E-state index contributed by atoms with van der Waals surface area (Å²) in [6.07, 6.45) is 0.323. The molecule has 0 amide bonds. The molecule has 0 radical (unpaired) electrons. The second-order valence-corrected chi connectivity index (χ2v) is 8.98. The van der Waals surface area contributed by atoms with Crippen molar-refractivity contribution in [1.82, 2.24) is 24.5 Å². The summed E-state index contributed by atoms with van der Waals surface area (Å²) in [7, 11) is -2.29. The topological polar surface area (TPSA) is 111 Å². The number of hydrogen-bond acceptors (Lipinski definition) is 7. The van der Waals surface area contributed by atoms with Gasteiger partial charge in [0.15, 0.2) is 11.5 Å². The molecule has 0 atom stereocenters. The molecule has 2 heterocycles. The van der Waals surface area contributed by atoms with Crippen molar-refractivity contribution < 1.29 is 13.2 Å². The summed E-state index contributed by atoms with van der Waals surface area (Å²) in [5, 5.41) is 16.1. The predicted octanol–water partition coefficient (Wildman–Crippen LogP) is 2.57. The Hall–Kier alpha value is -3.50. The lowest BCUT2D eigenvalue weighted by Crippen LogP contribution is -2.27. The summed E-state index contributed by atoms with van der Waals surface area (Å²) in [5.41, 5.74) is 2.95. The Morgan fingerprint density at radius 3 is 2.56 bits per heavy atom. The minimum atomic E-state index is -3.73. The minimum absolute atomic E-state index is 0.0920. The van der Waals surface area contributed by atoms with Gasteiger partial charge >= 0.3 is 0 Å². The van der Waals surface area contributed by atoms with Crippen LogP contribution in [0.15, 0.2) is 65.6 Å². The van der Waals surface area contributed by atoms with Gasteiger partial charge < -0.3 is 10.1 Å². The van der Waals surface area contributed by atoms with Crippen molar-refractivity contribution in [2.24, 2.45) is 0 Å². The van der Waals surface area contributed by atoms with E-state index in [0.717, 1.165) is 5.56 Å². The Labute approximate surface area is 186 Å². The van der Waals surface area contributed by atoms with E-state index in [1.807, 2.05) is 12.1 Å². The number of sulfonamides is 1. The summed E-state index contributed by atoms with van der Waals surface area (Å²) < 4.78 is 34.6. The quantitative estimate of drug-likeness (QED) is 0.402. The second kappa shape index (κ2) is 9.33. The minimum Gasteiger partial charge on any atom is -0.495 e. The molecule has 0 unspecified atom stereocenters. The molecule has 0 aliphatic carbocycles. The number of benzene rings is 2. The van der Waals surface area contributed by atoms with Crippen molar-refractivity contribution in [2.75, 3.05) is 19.0 Å². The van der Waals surface area contributed by atoms with Gasteiger partial charge in [0.2, 0.25) is 10.0 Å². The largest absolute Gasteiger partial charge is 0.495 e. The van der Waals surface area contributed by atoms with Gasteiger partial charge in [0.1, 0.15) is 16.5 Å². The molecule has 2 N–H and O–H groups in total. The molecule has 2 aromatic heterocycles. The van der Waals surface area contributed by atoms with Gasteiger partial charge in [-0.15, -0.1) is 15.3 Å². The standard InChI is InChI=1S/C22H24N6O3S/c1-16-7-9-17(10-8-16)15-23-20-11-12-21-25-26-22(28(21)27-20)13-14-24-32(29,30)19-6-4-3-5-18(19)31-2/h3-12,24H,13-15H2,1-2H3,(H,23,27). The molecule has 4 aromatic rings. The zero-order valence-electron chi connectivity index (χ0n) is 17.8. The summed E-state index contributed by atoms with van der Waals surface area (Å²) >= 11 is 0. The van der Waals surface area contributed by atoms with E-state index in [9.17, 15) is 8.42 Å². The SMILES string of the molecule is COc1ccccc1S(=O)(=O)NCCc1nnc2ccc(NCc3ccc(C)cc3)nn12. The molecule has 4 rings (SSSR count). The molecule has 0 saturated heterocycles. The average molecular weight is 453 g/mol. The number of aromatic nitrogens is 4. The number of anilines is 1. The maximum absolute atomic E-state index is 12.6. The highest BCUT2D eigenvalue weighted by Gasteiger charge is 2.19. The Kier molecular flexibility index (Phi) is 6.33. The van der Waals surface area contributed by atoms with Crippen molar-refractivity contribution in [3.05, 3.63) is 77.6 Å². The predicted molar refractivity (Wildman–Crippen MR) is 121 cm³/mol. The Morgan fingerprint density at radius 1 is 1.00 bits per heavy atom. The molecule has 0 aliphatic heterocycles. The van der Waals surface area contributed by atoms with E-state index >= 15 is 0 Å². The maximum Gasteiger partial charge on any atom is 0.244 e. The highest BCUT2D eigenvalue weighted by Crippen LogP contribution is 2.22. The molecule has 10 heteroatoms. The average Bonchev–Trinajstić information content (AvgIpc) is 3.21. The van der Waals surface area contributed by atoms with E-state index in [4.69, 9.17) is 4.74 Å². The van der Waals surface area contributed by atoms with Crippen LogP contribution >= 0.6 is 0 Å². The Balaban J connectivity index is 1.43. The van der Waals surface area contributed by atoms with Gasteiger partial charge in [-0.25, -0.2) is 13.1 Å². The van der Waals surface area contributed by atoms with E-state index in [1.165, 1.54) is 18.7 Å². The van der Waals surface area contributed by atoms with Crippen LogP contribution in [0.25, 0.3) is 5.65 Å². The normalized spacial score (nSPS) is 11.6. The van der Waals surface area contributed by atoms with Crippen LogP contribution in [0.5, 0.6) is 5.75 Å². The Bertz CT molecular complexity index is 1320. The number of ether oxygens (including phenoxy) is 1. The van der Waals surface area contributed by atoms with Gasteiger partial charge in [-0.05, 0) is 36.8 Å². The number of hydrogen-bond donors (Lipinski definition) is 2. The maximum atomic E-state index is 12.6. The highest BCUT2D eigenvalue weighted by atomic mass is 32.2. The molecule has 0 saturated carbocycles. The number of rotatable bonds is 9. The van der Waals surface area contributed by atoms with Crippen LogP contribution in [0.3, 0.4) is 0 Å². The van der Waals surface area contributed by atoms with Crippen molar-refractivity contribution >= 4 is 21.5 Å². The number of nitrogens with zero attached hydrogens (tertiary/aromatic N) is 4. The van der Waals surface area contributed by atoms with Gasteiger partial charge in [-0.1, -0.05) is 42.0 Å². The third-order valence-corrected chi connectivity index (χ3v) is 6.42. The molecule has 0 fully saturated rings. The molecule has 166 valence electrons. The van der Waals surface area contributed by atoms with E-state index < -0.39 is 10.0 Å². The fourth-order valence-corrected chi connectivity index (χ4v) is 4.40. The number of aryl methyl sites for hydroxylation is 1. The smallest absolute Gasteiger partial charge is 0.244 e. The molecule has 0 bridgehead atoms. The van der Waals surface area contributed by atoms with Crippen LogP contribution < -0.4 is 14.8 Å². The van der Waals surface area contributed by atoms with Crippen LogP contribution in [-0.4, -0.2) is 41.9 Å². The van der Waals surface area contributed by atoms with Crippen LogP contribution in [-0.2, 0) is 23.0 Å². The van der Waals surface area contributed by atoms with Crippen molar-refractivity contribution in [2.45, 2.75) is 24.8 Å². The van der Waals surface area contributed by atoms with E-state index in [-0.39, 0.29) is 11.4 Å². The van der Waals surface area contributed by atoms with Crippen molar-refractivity contribution in [3.63, 3.8) is 0 Å². The molecule has 9 nitrogen and oxygen atoms in total. The van der Waals surface area contributed by atoms with Gasteiger partial charge in [-0.3, -0.25) is 0 Å². The third-order valence-electron chi connectivity index (χ3n) is 4.92. The first-order valence-corrected chi connectivity index (χ1v) is 11.6.